The predicted molar refractivity (Wildman–Crippen MR) is 41.8 cm³/mol. The van der Waals surface area contributed by atoms with Gasteiger partial charge in [-0.1, -0.05) is 0 Å². The van der Waals surface area contributed by atoms with Crippen molar-refractivity contribution in [3.05, 3.63) is 0 Å². The summed E-state index contributed by atoms with van der Waals surface area (Å²) in [6, 6.07) is 0. The Morgan fingerprint density at radius 3 is 2.22 bits per heavy atom. The summed E-state index contributed by atoms with van der Waals surface area (Å²) in [6.45, 7) is 0. The fourth-order valence-electron chi connectivity index (χ4n) is 1.55. The summed E-state index contributed by atoms with van der Waals surface area (Å²) < 4.78 is 0. The molecule has 1 N–H and O–H groups in total. The van der Waals surface area contributed by atoms with Crippen LogP contribution in [0.1, 0.15) is 12.8 Å². The molecule has 1 aliphatic carbocycles. The van der Waals surface area contributed by atoms with Crippen molar-refractivity contribution in [2.45, 2.75) is 18.4 Å². The van der Waals surface area contributed by atoms with E-state index in [0.29, 0.717) is 5.54 Å². The molecule has 0 bridgehead atoms. The Morgan fingerprint density at radius 2 is 2.11 bits per heavy atom. The molecule has 9 heavy (non-hydrogen) atoms. The first-order valence-corrected chi connectivity index (χ1v) is 4.79. The molecule has 1 aliphatic heterocycles. The van der Waals surface area contributed by atoms with E-state index in [1.165, 1.54) is 24.3 Å². The number of thioether (sulfide) groups is 1. The van der Waals surface area contributed by atoms with E-state index in [4.69, 9.17) is 0 Å². The highest BCUT2D eigenvalue weighted by Gasteiger charge is 2.50. The molecule has 1 saturated carbocycles. The van der Waals surface area contributed by atoms with Crippen molar-refractivity contribution in [2.75, 3.05) is 18.6 Å². The third kappa shape index (κ3) is 0.802. The molecule has 0 aromatic rings. The molecular weight excluding hydrogens is 130 g/mol. The summed E-state index contributed by atoms with van der Waals surface area (Å²) in [4.78, 5) is 0. The quantitative estimate of drug-likeness (QED) is 0.621. The summed E-state index contributed by atoms with van der Waals surface area (Å²) in [6.07, 6.45) is 2.85. The molecule has 0 spiro atoms. The molecule has 0 unspecified atom stereocenters. The van der Waals surface area contributed by atoms with Gasteiger partial charge in [0, 0.05) is 5.54 Å². The Morgan fingerprint density at radius 1 is 1.44 bits per heavy atom. The highest BCUT2D eigenvalue weighted by atomic mass is 32.2. The van der Waals surface area contributed by atoms with Crippen molar-refractivity contribution in [1.29, 1.82) is 0 Å². The molecule has 1 saturated heterocycles. The molecule has 1 heterocycles. The normalized spacial score (nSPS) is 31.7. The van der Waals surface area contributed by atoms with E-state index >= 15 is 0 Å². The third-order valence-corrected chi connectivity index (χ3v) is 3.98. The van der Waals surface area contributed by atoms with Crippen molar-refractivity contribution in [2.24, 2.45) is 5.92 Å². The molecule has 2 rings (SSSR count). The van der Waals surface area contributed by atoms with E-state index in [1.54, 1.807) is 0 Å². The SMILES string of the molecule is CNC1(C2CSC2)CC1. The third-order valence-electron chi connectivity index (χ3n) is 2.71. The van der Waals surface area contributed by atoms with Gasteiger partial charge in [0.25, 0.3) is 0 Å². The van der Waals surface area contributed by atoms with Gasteiger partial charge >= 0.3 is 0 Å². The zero-order valence-corrected chi connectivity index (χ0v) is 6.63. The maximum atomic E-state index is 3.44. The average molecular weight is 143 g/mol. The fraction of sp³-hybridized carbons (Fsp3) is 1.00. The van der Waals surface area contributed by atoms with Crippen molar-refractivity contribution in [3.63, 3.8) is 0 Å². The van der Waals surface area contributed by atoms with Gasteiger partial charge in [-0.2, -0.15) is 11.8 Å². The number of rotatable bonds is 2. The van der Waals surface area contributed by atoms with E-state index in [9.17, 15) is 0 Å². The van der Waals surface area contributed by atoms with Crippen LogP contribution < -0.4 is 5.32 Å². The molecule has 0 radical (unpaired) electrons. The van der Waals surface area contributed by atoms with Gasteiger partial charge in [-0.15, -0.1) is 0 Å². The smallest absolute Gasteiger partial charge is 0.0223 e. The topological polar surface area (TPSA) is 12.0 Å². The minimum absolute atomic E-state index is 0.616. The fourth-order valence-corrected chi connectivity index (χ4v) is 2.66. The van der Waals surface area contributed by atoms with Gasteiger partial charge in [0.05, 0.1) is 0 Å². The van der Waals surface area contributed by atoms with E-state index in [1.807, 2.05) is 0 Å². The first-order valence-electron chi connectivity index (χ1n) is 3.64. The second-order valence-corrected chi connectivity index (χ2v) is 4.22. The first kappa shape index (κ1) is 6.05. The van der Waals surface area contributed by atoms with Crippen LogP contribution in [0.25, 0.3) is 0 Å². The van der Waals surface area contributed by atoms with Crippen molar-refractivity contribution < 1.29 is 0 Å². The Labute approximate surface area is 60.6 Å². The summed E-state index contributed by atoms with van der Waals surface area (Å²) in [5.41, 5.74) is 0.616. The highest BCUT2D eigenvalue weighted by Crippen LogP contribution is 2.48. The summed E-state index contributed by atoms with van der Waals surface area (Å²) in [5, 5.41) is 3.44. The van der Waals surface area contributed by atoms with Crippen LogP contribution in [-0.4, -0.2) is 24.1 Å². The Kier molecular flexibility index (Phi) is 1.27. The van der Waals surface area contributed by atoms with Gasteiger partial charge in [0.15, 0.2) is 0 Å². The zero-order valence-electron chi connectivity index (χ0n) is 5.81. The van der Waals surface area contributed by atoms with Crippen LogP contribution in [0.2, 0.25) is 0 Å². The molecular formula is C7H13NS. The average Bonchev–Trinajstić information content (AvgIpc) is 2.44. The second-order valence-electron chi connectivity index (χ2n) is 3.14. The highest BCUT2D eigenvalue weighted by molar-refractivity contribution is 8.00. The van der Waals surface area contributed by atoms with E-state index < -0.39 is 0 Å². The molecule has 52 valence electrons. The van der Waals surface area contributed by atoms with Gasteiger partial charge in [-0.3, -0.25) is 0 Å². The van der Waals surface area contributed by atoms with Crippen molar-refractivity contribution in [1.82, 2.24) is 5.32 Å². The molecule has 2 fully saturated rings. The minimum Gasteiger partial charge on any atom is -0.314 e. The lowest BCUT2D eigenvalue weighted by molar-refractivity contribution is 0.404. The van der Waals surface area contributed by atoms with Crippen LogP contribution in [0.5, 0.6) is 0 Å². The number of hydrogen-bond acceptors (Lipinski definition) is 2. The van der Waals surface area contributed by atoms with Gasteiger partial charge in [-0.05, 0) is 37.3 Å². The molecule has 1 nitrogen and oxygen atoms in total. The molecule has 0 amide bonds. The lowest BCUT2D eigenvalue weighted by atomic mass is 10.0. The first-order chi connectivity index (χ1) is 4.37. The standard InChI is InChI=1S/C7H13NS/c1-8-7(2-3-7)6-4-9-5-6/h6,8H,2-5H2,1H3. The van der Waals surface area contributed by atoms with Crippen molar-refractivity contribution in [3.8, 4) is 0 Å². The lowest BCUT2D eigenvalue weighted by Gasteiger charge is -2.33. The largest absolute Gasteiger partial charge is 0.314 e. The van der Waals surface area contributed by atoms with Crippen LogP contribution in [-0.2, 0) is 0 Å². The number of nitrogens with one attached hydrogen (secondary N) is 1. The Bertz CT molecular complexity index is 116. The monoisotopic (exact) mass is 143 g/mol. The summed E-state index contributed by atoms with van der Waals surface area (Å²) in [5.74, 6) is 3.81. The van der Waals surface area contributed by atoms with E-state index in [0.717, 1.165) is 5.92 Å². The van der Waals surface area contributed by atoms with Crippen LogP contribution in [0, 0.1) is 5.92 Å². The van der Waals surface area contributed by atoms with Crippen LogP contribution in [0.4, 0.5) is 0 Å². The summed E-state index contributed by atoms with van der Waals surface area (Å²) >= 11 is 2.09. The van der Waals surface area contributed by atoms with E-state index in [2.05, 4.69) is 24.1 Å². The van der Waals surface area contributed by atoms with Gasteiger partial charge < -0.3 is 5.32 Å². The van der Waals surface area contributed by atoms with Crippen LogP contribution >= 0.6 is 11.8 Å². The maximum absolute atomic E-state index is 3.44. The summed E-state index contributed by atoms with van der Waals surface area (Å²) in [7, 11) is 2.11. The predicted octanol–water partition coefficient (Wildman–Crippen LogP) is 1.10. The van der Waals surface area contributed by atoms with Crippen molar-refractivity contribution >= 4 is 11.8 Å². The second kappa shape index (κ2) is 1.89. The lowest BCUT2D eigenvalue weighted by Crippen LogP contribution is -2.42. The molecule has 0 aromatic heterocycles. The van der Waals surface area contributed by atoms with Gasteiger partial charge in [0.1, 0.15) is 0 Å². The zero-order chi connectivity index (χ0) is 6.32. The molecule has 2 heteroatoms. The van der Waals surface area contributed by atoms with E-state index in [-0.39, 0.29) is 0 Å². The maximum Gasteiger partial charge on any atom is 0.0223 e. The van der Waals surface area contributed by atoms with Gasteiger partial charge in [0.2, 0.25) is 0 Å². The Hall–Kier alpha value is 0.310. The van der Waals surface area contributed by atoms with Crippen LogP contribution in [0.3, 0.4) is 0 Å². The molecule has 2 aliphatic rings. The van der Waals surface area contributed by atoms with Gasteiger partial charge in [-0.25, -0.2) is 0 Å². The number of hydrogen-bond donors (Lipinski definition) is 1. The van der Waals surface area contributed by atoms with Crippen LogP contribution in [0.15, 0.2) is 0 Å². The molecule has 0 atom stereocenters. The Balaban J connectivity index is 1.94. The minimum atomic E-state index is 0.616. The molecule has 0 aromatic carbocycles.